The van der Waals surface area contributed by atoms with Gasteiger partial charge in [-0.05, 0) is 73.9 Å². The Bertz CT molecular complexity index is 900. The van der Waals surface area contributed by atoms with Crippen molar-refractivity contribution in [3.63, 3.8) is 0 Å². The predicted molar refractivity (Wildman–Crippen MR) is 124 cm³/mol. The number of carbonyl (C=O) groups is 2. The Kier molecular flexibility index (Phi) is 9.27. The molecular formula is C23H29N3O4S. The molecular weight excluding hydrogens is 414 g/mol. The van der Waals surface area contributed by atoms with Crippen molar-refractivity contribution in [1.82, 2.24) is 16.2 Å². The third kappa shape index (κ3) is 8.25. The number of benzene rings is 2. The third-order valence-corrected chi connectivity index (χ3v) is 4.43. The van der Waals surface area contributed by atoms with Crippen LogP contribution >= 0.6 is 12.2 Å². The van der Waals surface area contributed by atoms with Gasteiger partial charge in [0, 0.05) is 11.1 Å². The topological polar surface area (TPSA) is 88.7 Å². The Morgan fingerprint density at radius 2 is 1.65 bits per heavy atom. The van der Waals surface area contributed by atoms with Crippen LogP contribution < -0.4 is 25.6 Å². The Balaban J connectivity index is 1.84. The molecule has 0 aliphatic heterocycles. The Morgan fingerprint density at radius 1 is 0.935 bits per heavy atom. The van der Waals surface area contributed by atoms with E-state index < -0.39 is 11.8 Å². The van der Waals surface area contributed by atoms with E-state index in [1.165, 1.54) is 0 Å². The summed E-state index contributed by atoms with van der Waals surface area (Å²) in [6.07, 6.45) is 0.907. The number of hydrazine groups is 1. The number of amides is 2. The minimum atomic E-state index is -0.409. The zero-order valence-electron chi connectivity index (χ0n) is 18.2. The van der Waals surface area contributed by atoms with Crippen LogP contribution in [0.15, 0.2) is 48.5 Å². The second-order valence-corrected chi connectivity index (χ2v) is 7.86. The Morgan fingerprint density at radius 3 is 2.29 bits per heavy atom. The van der Waals surface area contributed by atoms with Crippen LogP contribution in [0.1, 0.15) is 54.8 Å². The fourth-order valence-electron chi connectivity index (χ4n) is 2.38. The average molecular weight is 444 g/mol. The molecule has 0 aromatic heterocycles. The zero-order chi connectivity index (χ0) is 22.8. The zero-order valence-corrected chi connectivity index (χ0v) is 19.0. The van der Waals surface area contributed by atoms with Crippen LogP contribution in [0.4, 0.5) is 0 Å². The van der Waals surface area contributed by atoms with Crippen LogP contribution in [-0.2, 0) is 0 Å². The smallest absolute Gasteiger partial charge is 0.269 e. The summed E-state index contributed by atoms with van der Waals surface area (Å²) in [5.74, 6) is 0.915. The van der Waals surface area contributed by atoms with E-state index in [1.54, 1.807) is 48.5 Å². The normalized spacial score (nSPS) is 11.4. The van der Waals surface area contributed by atoms with E-state index in [0.29, 0.717) is 35.2 Å². The molecule has 1 unspecified atom stereocenters. The molecule has 31 heavy (non-hydrogen) atoms. The van der Waals surface area contributed by atoms with Gasteiger partial charge in [0.15, 0.2) is 5.11 Å². The molecule has 0 radical (unpaired) electrons. The molecule has 1 atom stereocenters. The number of rotatable bonds is 8. The Labute approximate surface area is 188 Å². The van der Waals surface area contributed by atoms with Crippen LogP contribution in [0.25, 0.3) is 0 Å². The maximum atomic E-state index is 12.4. The van der Waals surface area contributed by atoms with Gasteiger partial charge < -0.3 is 9.47 Å². The monoisotopic (exact) mass is 443 g/mol. The van der Waals surface area contributed by atoms with Crippen molar-refractivity contribution in [3.8, 4) is 11.5 Å². The summed E-state index contributed by atoms with van der Waals surface area (Å²) in [5, 5.41) is 2.50. The van der Waals surface area contributed by atoms with E-state index in [2.05, 4.69) is 30.0 Å². The van der Waals surface area contributed by atoms with Crippen molar-refractivity contribution >= 4 is 29.1 Å². The summed E-state index contributed by atoms with van der Waals surface area (Å²) in [6.45, 7) is 8.71. The molecule has 0 bridgehead atoms. The first kappa shape index (κ1) is 24.1. The number of ether oxygens (including phenoxy) is 2. The highest BCUT2D eigenvalue weighted by Gasteiger charge is 2.11. The fourth-order valence-corrected chi connectivity index (χ4v) is 2.53. The number of carbonyl (C=O) groups excluding carboxylic acids is 2. The molecule has 0 saturated carbocycles. The molecule has 3 N–H and O–H groups in total. The van der Waals surface area contributed by atoms with Gasteiger partial charge in [-0.1, -0.05) is 26.8 Å². The lowest BCUT2D eigenvalue weighted by Gasteiger charge is -2.14. The first-order valence-electron chi connectivity index (χ1n) is 10.2. The van der Waals surface area contributed by atoms with Crippen molar-refractivity contribution in [3.05, 3.63) is 59.7 Å². The largest absolute Gasteiger partial charge is 0.493 e. The first-order valence-corrected chi connectivity index (χ1v) is 10.6. The van der Waals surface area contributed by atoms with Crippen LogP contribution in [0.5, 0.6) is 11.5 Å². The van der Waals surface area contributed by atoms with E-state index in [9.17, 15) is 9.59 Å². The highest BCUT2D eigenvalue weighted by atomic mass is 32.1. The van der Waals surface area contributed by atoms with Gasteiger partial charge in [-0.25, -0.2) is 0 Å². The molecule has 0 heterocycles. The minimum absolute atomic E-state index is 0.0246. The standard InChI is InChI=1S/C23H29N3O4S/c1-5-16(4)30-20-8-6-7-18(13-20)21(27)24-23(31)26-25-22(28)17-9-11-19(12-10-17)29-14-15(2)3/h6-13,15-16H,5,14H2,1-4H3,(H,25,28)(H2,24,26,27,31). The van der Waals surface area contributed by atoms with E-state index in [1.807, 2.05) is 13.8 Å². The summed E-state index contributed by atoms with van der Waals surface area (Å²) in [6, 6.07) is 13.6. The summed E-state index contributed by atoms with van der Waals surface area (Å²) in [7, 11) is 0. The van der Waals surface area contributed by atoms with Crippen molar-refractivity contribution in [1.29, 1.82) is 0 Å². The van der Waals surface area contributed by atoms with Crippen LogP contribution in [0.3, 0.4) is 0 Å². The fraction of sp³-hybridized carbons (Fsp3) is 0.348. The lowest BCUT2D eigenvalue weighted by Crippen LogP contribution is -2.48. The summed E-state index contributed by atoms with van der Waals surface area (Å²) >= 11 is 5.09. The summed E-state index contributed by atoms with van der Waals surface area (Å²) in [4.78, 5) is 24.7. The number of hydrogen-bond acceptors (Lipinski definition) is 5. The van der Waals surface area contributed by atoms with Crippen molar-refractivity contribution < 1.29 is 19.1 Å². The maximum absolute atomic E-state index is 12.4. The molecule has 0 aliphatic carbocycles. The van der Waals surface area contributed by atoms with Crippen molar-refractivity contribution in [2.24, 2.45) is 5.92 Å². The predicted octanol–water partition coefficient (Wildman–Crippen LogP) is 3.85. The molecule has 0 aliphatic rings. The lowest BCUT2D eigenvalue weighted by atomic mass is 10.2. The van der Waals surface area contributed by atoms with Crippen LogP contribution in [0, 0.1) is 5.92 Å². The molecule has 166 valence electrons. The van der Waals surface area contributed by atoms with Crippen LogP contribution in [-0.4, -0.2) is 29.6 Å². The molecule has 0 fully saturated rings. The molecule has 7 nitrogen and oxygen atoms in total. The highest BCUT2D eigenvalue weighted by Crippen LogP contribution is 2.16. The molecule has 0 saturated heterocycles. The molecule has 8 heteroatoms. The summed E-state index contributed by atoms with van der Waals surface area (Å²) in [5.41, 5.74) is 5.81. The van der Waals surface area contributed by atoms with Crippen molar-refractivity contribution in [2.75, 3.05) is 6.61 Å². The third-order valence-electron chi connectivity index (χ3n) is 4.22. The lowest BCUT2D eigenvalue weighted by molar-refractivity contribution is 0.0934. The maximum Gasteiger partial charge on any atom is 0.269 e. The second-order valence-electron chi connectivity index (χ2n) is 7.46. The van der Waals surface area contributed by atoms with Crippen molar-refractivity contribution in [2.45, 2.75) is 40.2 Å². The minimum Gasteiger partial charge on any atom is -0.493 e. The number of hydrogen-bond donors (Lipinski definition) is 3. The van der Waals surface area contributed by atoms with E-state index in [-0.39, 0.29) is 11.2 Å². The second kappa shape index (κ2) is 11.9. The van der Waals surface area contributed by atoms with Gasteiger partial charge in [-0.2, -0.15) is 0 Å². The average Bonchev–Trinajstić information content (AvgIpc) is 2.76. The van der Waals surface area contributed by atoms with Gasteiger partial charge in [0.2, 0.25) is 0 Å². The Hall–Kier alpha value is -3.13. The summed E-state index contributed by atoms with van der Waals surface area (Å²) < 4.78 is 11.3. The molecule has 2 amide bonds. The quantitative estimate of drug-likeness (QED) is 0.424. The molecule has 2 aromatic carbocycles. The molecule has 2 rings (SSSR count). The van der Waals surface area contributed by atoms with Gasteiger partial charge in [0.25, 0.3) is 11.8 Å². The van der Waals surface area contributed by atoms with E-state index >= 15 is 0 Å². The SMILES string of the molecule is CCC(C)Oc1cccc(C(=O)NC(=S)NNC(=O)c2ccc(OCC(C)C)cc2)c1. The molecule has 2 aromatic rings. The molecule has 0 spiro atoms. The number of thiocarbonyl (C=S) groups is 1. The van der Waals surface area contributed by atoms with Gasteiger partial charge in [-0.15, -0.1) is 0 Å². The van der Waals surface area contributed by atoms with E-state index in [4.69, 9.17) is 21.7 Å². The van der Waals surface area contributed by atoms with Crippen LogP contribution in [0.2, 0.25) is 0 Å². The van der Waals surface area contributed by atoms with Gasteiger partial charge in [-0.3, -0.25) is 25.8 Å². The number of nitrogens with one attached hydrogen (secondary N) is 3. The highest BCUT2D eigenvalue weighted by molar-refractivity contribution is 7.80. The van der Waals surface area contributed by atoms with Gasteiger partial charge >= 0.3 is 0 Å². The van der Waals surface area contributed by atoms with Gasteiger partial charge in [0.05, 0.1) is 12.7 Å². The first-order chi connectivity index (χ1) is 14.8. The van der Waals surface area contributed by atoms with Gasteiger partial charge in [0.1, 0.15) is 11.5 Å². The van der Waals surface area contributed by atoms with E-state index in [0.717, 1.165) is 6.42 Å².